The third-order valence-electron chi connectivity index (χ3n) is 18.7. The van der Waals surface area contributed by atoms with Crippen molar-refractivity contribution in [3.63, 3.8) is 0 Å². The molecular weight excluding hydrogens is 2220 g/mol. The summed E-state index contributed by atoms with van der Waals surface area (Å²) in [7, 11) is 0. The summed E-state index contributed by atoms with van der Waals surface area (Å²) >= 11 is 1.70. The van der Waals surface area contributed by atoms with Crippen LogP contribution in [0.15, 0.2) is 30.3 Å². The second-order valence-electron chi connectivity index (χ2n) is 28.1. The van der Waals surface area contributed by atoms with Gasteiger partial charge in [0.1, 0.15) is 4.83 Å². The van der Waals surface area contributed by atoms with Gasteiger partial charge in [-0.1, -0.05) is 53.2 Å². The molecule has 5 atom stereocenters. The van der Waals surface area contributed by atoms with Crippen LogP contribution in [-0.2, 0) is 38.1 Å². The normalized spacial score (nSPS) is 17.0. The van der Waals surface area contributed by atoms with Gasteiger partial charge in [-0.05, 0) is 37.2 Å². The molecule has 0 N–H and O–H groups in total. The summed E-state index contributed by atoms with van der Waals surface area (Å²) in [5.74, 6) is -280. The number of alkyl halides is 69. The lowest BCUT2D eigenvalue weighted by molar-refractivity contribution is -0.461. The molecule has 0 aliphatic heterocycles. The summed E-state index contributed by atoms with van der Waals surface area (Å²) in [5.41, 5.74) is -0.595. The maximum absolute atomic E-state index is 15.2. The molecule has 0 radical (unpaired) electrons. The van der Waals surface area contributed by atoms with Gasteiger partial charge in [-0.3, -0.25) is 19.2 Å². The van der Waals surface area contributed by atoms with Crippen LogP contribution in [0.5, 0.6) is 0 Å². The molecule has 0 bridgehead atoms. The fourth-order valence-corrected chi connectivity index (χ4v) is 10.8. The summed E-state index contributed by atoms with van der Waals surface area (Å²) in [6, 6.07) is 3.69. The Kier molecular flexibility index (Phi) is 35.3. The van der Waals surface area contributed by atoms with Crippen LogP contribution < -0.4 is 0 Å². The molecule has 0 fully saturated rings. The first-order valence-electron chi connectivity index (χ1n) is 33.5. The van der Waals surface area contributed by atoms with Gasteiger partial charge in [-0.2, -0.15) is 299 Å². The van der Waals surface area contributed by atoms with Crippen LogP contribution in [0.4, 0.5) is 299 Å². The fourth-order valence-electron chi connectivity index (χ4n) is 10.2. The van der Waals surface area contributed by atoms with E-state index in [1.807, 2.05) is 0 Å². The second-order valence-corrected chi connectivity index (χ2v) is 29.2. The number of hydrogen-bond donors (Lipinski definition) is 0. The number of rotatable bonds is 49. The highest BCUT2D eigenvalue weighted by Crippen LogP contribution is 2.71. The van der Waals surface area contributed by atoms with Gasteiger partial charge in [-0.25, -0.2) is 0 Å². The lowest BCUT2D eigenvalue weighted by Gasteiger charge is -2.42. The molecule has 0 aromatic heterocycles. The first-order valence-corrected chi connectivity index (χ1v) is 34.4. The molecule has 0 saturated heterocycles. The lowest BCUT2D eigenvalue weighted by Crippen LogP contribution is -2.74. The van der Waals surface area contributed by atoms with E-state index in [1.54, 1.807) is 15.9 Å². The minimum atomic E-state index is -9.57. The number of hydrogen-bond acceptors (Lipinski definition) is 8. The number of carbonyl (C=O) groups excluding carboxylic acids is 4. The highest BCUT2D eigenvalue weighted by molar-refractivity contribution is 9.10. The molecule has 1 rings (SSSR count). The molecule has 8 nitrogen and oxygen atoms in total. The van der Waals surface area contributed by atoms with E-state index < -0.39 is 326 Å². The van der Waals surface area contributed by atoms with Crippen molar-refractivity contribution in [1.82, 2.24) is 0 Å². The maximum atomic E-state index is 15.2. The van der Waals surface area contributed by atoms with Gasteiger partial charge in [0.2, 0.25) is 0 Å². The Morgan fingerprint density at radius 2 is 0.358 bits per heavy atom. The molecule has 77 heteroatoms. The average molecular weight is 2260 g/mol. The van der Waals surface area contributed by atoms with E-state index in [2.05, 4.69) is 18.9 Å². The Morgan fingerprint density at radius 3 is 0.533 bits per heavy atom. The number of carbonyl (C=O) groups is 4. The first-order chi connectivity index (χ1) is 59.3. The SMILES string of the molecule is CC(CC(CC(CC(CC(Br)C(=O)OCCC(F)(F)C(F)(F)C(F)(F)C(F)(F)C(F)(F)C(F)(F)C(F)(F)C(F)(F)F)C(=O)OCCC(F)(F)C(F)(F)C(F)(F)C(F)(F)C(F)(F)C(F)(F)C(F)(F)C(F)(F)F)C(=O)OCCC(F)(F)C(F)(F)C(F)(F)C(F)(F)C(F)(F)C(F)(F)C(F)(F)C(F)(F)F)C(=O)OCCC(F)(F)C(F)(F)C(F)(F)C(F)(F)C(F)(F)C(F)(F)C(F)(F)C(F)(F)F)c1ccccc1. The number of esters is 4. The van der Waals surface area contributed by atoms with Gasteiger partial charge in [0.15, 0.2) is 0 Å². The van der Waals surface area contributed by atoms with Gasteiger partial charge in [0, 0.05) is 0 Å². The van der Waals surface area contributed by atoms with E-state index in [-0.39, 0.29) is 0 Å². The zero-order chi connectivity index (χ0) is 111. The molecule has 0 aliphatic carbocycles. The summed E-state index contributed by atoms with van der Waals surface area (Å²) in [6.45, 7) is -13.2. The van der Waals surface area contributed by atoms with Gasteiger partial charge in [0.25, 0.3) is 0 Å². The molecule has 0 saturated carbocycles. The lowest BCUT2D eigenvalue weighted by atomic mass is 9.81. The third-order valence-corrected chi connectivity index (χ3v) is 19.4. The van der Waals surface area contributed by atoms with Crippen molar-refractivity contribution in [3.05, 3.63) is 35.9 Å². The van der Waals surface area contributed by atoms with E-state index in [4.69, 9.17) is 0 Å². The monoisotopic (exact) mass is 2260 g/mol. The van der Waals surface area contributed by atoms with Crippen molar-refractivity contribution >= 4 is 39.8 Å². The maximum Gasteiger partial charge on any atom is 0.460 e. The van der Waals surface area contributed by atoms with Crippen LogP contribution in [0.1, 0.15) is 69.8 Å². The van der Waals surface area contributed by atoms with Gasteiger partial charge in [0.05, 0.1) is 69.9 Å². The Morgan fingerprint density at radius 1 is 0.212 bits per heavy atom. The van der Waals surface area contributed by atoms with Gasteiger partial charge in [-0.15, -0.1) is 0 Å². The Hall–Kier alpha value is -7.18. The summed E-state index contributed by atoms with van der Waals surface area (Å²) in [5, 5.41) is 0. The molecule has 137 heavy (non-hydrogen) atoms. The van der Waals surface area contributed by atoms with Crippen molar-refractivity contribution < 1.29 is 337 Å². The topological polar surface area (TPSA) is 105 Å². The summed E-state index contributed by atoms with van der Waals surface area (Å²) in [6.07, 6.45) is -60.4. The van der Waals surface area contributed by atoms with Gasteiger partial charge < -0.3 is 18.9 Å². The van der Waals surface area contributed by atoms with Crippen LogP contribution in [-0.4, -0.2) is 246 Å². The molecule has 1 aromatic rings. The third kappa shape index (κ3) is 20.6. The molecule has 0 amide bonds. The molecule has 0 heterocycles. The van der Waals surface area contributed by atoms with E-state index in [9.17, 15) is 291 Å². The summed E-state index contributed by atoms with van der Waals surface area (Å²) in [4.78, 5) is 51.2. The van der Waals surface area contributed by atoms with Gasteiger partial charge >= 0.3 is 214 Å². The van der Waals surface area contributed by atoms with Crippen molar-refractivity contribution in [2.75, 3.05) is 26.4 Å². The molecule has 0 aliphatic rings. The van der Waals surface area contributed by atoms with E-state index in [0.29, 0.717) is 19.1 Å². The smallest absolute Gasteiger partial charge is 0.460 e. The highest BCUT2D eigenvalue weighted by Gasteiger charge is 3.01. The molecule has 1 aromatic carbocycles. The molecule has 0 spiro atoms. The average Bonchev–Trinajstić information content (AvgIpc) is 0.706. The largest absolute Gasteiger partial charge is 0.465 e. The van der Waals surface area contributed by atoms with Crippen molar-refractivity contribution in [3.8, 4) is 0 Å². The molecule has 808 valence electrons. The van der Waals surface area contributed by atoms with Crippen LogP contribution in [0.3, 0.4) is 0 Å². The zero-order valence-corrected chi connectivity index (χ0v) is 64.7. The minimum Gasteiger partial charge on any atom is -0.465 e. The second kappa shape index (κ2) is 37.8. The van der Waals surface area contributed by atoms with Crippen LogP contribution in [0.2, 0.25) is 0 Å². The standard InChI is InChI=1S/C60H37BrF68O8/c1-19(20-5-3-2-4-6-20)15-21(25(130)134-11-7-29(62,63)33(70,71)37(78,79)41(86,87)45(94,95)49(102,103)53(110,111)57(118,119)120)16-22(26(131)135-12-8-30(64,65)34(72,73)38(80,81)42(88,89)46(96,97)50(104,105)54(112,113)58(121,122)123)17-23(27(132)136-13-9-31(66,67)35(74,75)39(82,83)43(90,91)47(98,99)51(106,107)55(114,115)59(124,125)126)18-24(61)28(133)137-14-10-32(68,69)36(76,77)40(84,85)44(92,93)48(100,101)52(108,109)56(116,117)60(127,128)129/h2-6,19,21-24H,7-18H2,1H3. The number of ether oxygens (including phenoxy) is 4. The number of halogens is 69. The Balaban J connectivity index is 4.85. The fraction of sp³-hybridized carbons (Fsp3) is 0.833. The quantitative estimate of drug-likeness (QED) is 0.0275. The highest BCUT2D eigenvalue weighted by atomic mass is 79.9. The zero-order valence-electron chi connectivity index (χ0n) is 63.1. The predicted octanol–water partition coefficient (Wildman–Crippen LogP) is 26.7. The Bertz CT molecular complexity index is 4270. The minimum absolute atomic E-state index is 0.499. The van der Waals surface area contributed by atoms with Crippen LogP contribution in [0.25, 0.3) is 0 Å². The summed E-state index contributed by atoms with van der Waals surface area (Å²) < 4.78 is 971. The van der Waals surface area contributed by atoms with E-state index in [0.717, 1.165) is 18.2 Å². The number of benzene rings is 1. The first kappa shape index (κ1) is 128. The Labute approximate surface area is 715 Å². The van der Waals surface area contributed by atoms with Crippen molar-refractivity contribution in [2.45, 2.75) is 260 Å². The van der Waals surface area contributed by atoms with Crippen LogP contribution >= 0.6 is 15.9 Å². The van der Waals surface area contributed by atoms with Crippen molar-refractivity contribution in [1.29, 1.82) is 0 Å². The predicted molar refractivity (Wildman–Crippen MR) is 302 cm³/mol. The van der Waals surface area contributed by atoms with Crippen LogP contribution in [0, 0.1) is 17.8 Å². The molecule has 5 unspecified atom stereocenters. The van der Waals surface area contributed by atoms with E-state index in [1.165, 1.54) is 0 Å². The van der Waals surface area contributed by atoms with Crippen molar-refractivity contribution in [2.24, 2.45) is 17.8 Å². The van der Waals surface area contributed by atoms with E-state index >= 15 is 26.3 Å². The molecular formula is C60H37BrF68O8.